The maximum absolute atomic E-state index is 11.6. The van der Waals surface area contributed by atoms with Crippen LogP contribution in [0.2, 0.25) is 0 Å². The van der Waals surface area contributed by atoms with Crippen molar-refractivity contribution in [1.82, 2.24) is 0 Å². The van der Waals surface area contributed by atoms with E-state index in [1.54, 1.807) is 0 Å². The number of nitrogens with zero attached hydrogens (tertiary/aromatic N) is 2. The van der Waals surface area contributed by atoms with Gasteiger partial charge < -0.3 is 0 Å². The summed E-state index contributed by atoms with van der Waals surface area (Å²) in [5.74, 6) is 0. The van der Waals surface area contributed by atoms with Gasteiger partial charge in [-0.05, 0) is 59.8 Å². The van der Waals surface area contributed by atoms with Crippen LogP contribution >= 0.6 is 24.4 Å². The van der Waals surface area contributed by atoms with Crippen LogP contribution in [0.25, 0.3) is 12.2 Å². The second-order valence-corrected chi connectivity index (χ2v) is 8.28. The fraction of sp³-hybridized carbons (Fsp3) is 0. The molecule has 0 aliphatic heterocycles. The zero-order chi connectivity index (χ0) is 20.9. The van der Waals surface area contributed by atoms with Crippen LogP contribution in [-0.4, -0.2) is 65.8 Å². The molecule has 146 valence electrons. The van der Waals surface area contributed by atoms with Crippen LogP contribution in [0.4, 0.5) is 11.4 Å². The van der Waals surface area contributed by atoms with Gasteiger partial charge in [-0.15, -0.1) is 0 Å². The van der Waals surface area contributed by atoms with Crippen LogP contribution < -0.4 is 0 Å². The van der Waals surface area contributed by atoms with Gasteiger partial charge in [-0.3, -0.25) is 9.11 Å². The molecule has 2 aromatic carbocycles. The molecule has 2 aromatic rings. The molecule has 0 amide bonds. The van der Waals surface area contributed by atoms with Crippen molar-refractivity contribution in [3.05, 3.63) is 47.5 Å². The Morgan fingerprint density at radius 3 is 1.38 bits per heavy atom. The van der Waals surface area contributed by atoms with Crippen molar-refractivity contribution in [2.75, 3.05) is 0 Å². The number of isothiocyanates is 2. The molecule has 13 heteroatoms. The summed E-state index contributed by atoms with van der Waals surface area (Å²) in [4.78, 5) is 6.35. The van der Waals surface area contributed by atoms with Crippen LogP contribution in [0.5, 0.6) is 0 Å². The zero-order valence-corrected chi connectivity index (χ0v) is 16.9. The predicted molar refractivity (Wildman–Crippen MR) is 118 cm³/mol. The van der Waals surface area contributed by atoms with Crippen LogP contribution in [0.3, 0.4) is 0 Å². The molecular weight excluding hydrogens is 467 g/mol. The molecule has 0 unspecified atom stereocenters. The van der Waals surface area contributed by atoms with Crippen molar-refractivity contribution in [2.24, 2.45) is 9.98 Å². The summed E-state index contributed by atoms with van der Waals surface area (Å²) in [6.07, 6.45) is 2.50. The molecule has 0 aliphatic carbocycles. The molecule has 0 saturated heterocycles. The van der Waals surface area contributed by atoms with Gasteiger partial charge in [0.1, 0.15) is 9.79 Å². The Morgan fingerprint density at radius 1 is 0.759 bits per heavy atom. The normalized spacial score (nSPS) is 11.2. The van der Waals surface area contributed by atoms with E-state index in [9.17, 15) is 25.9 Å². The van der Waals surface area contributed by atoms with Crippen molar-refractivity contribution in [3.8, 4) is 0 Å². The van der Waals surface area contributed by atoms with Crippen molar-refractivity contribution >= 4 is 108 Å². The van der Waals surface area contributed by atoms with Crippen LogP contribution in [-0.2, 0) is 20.2 Å². The quantitative estimate of drug-likeness (QED) is 0.213. The third kappa shape index (κ3) is 7.10. The summed E-state index contributed by atoms with van der Waals surface area (Å²) in [6, 6.07) is 7.68. The Bertz CT molecular complexity index is 1180. The van der Waals surface area contributed by atoms with Gasteiger partial charge in [0.15, 0.2) is 0 Å². The van der Waals surface area contributed by atoms with E-state index in [-0.39, 0.29) is 52.1 Å². The van der Waals surface area contributed by atoms with Gasteiger partial charge in [0.2, 0.25) is 0 Å². The molecule has 8 nitrogen and oxygen atoms in total. The molecule has 0 bridgehead atoms. The Labute approximate surface area is 199 Å². The molecule has 2 N–H and O–H groups in total. The van der Waals surface area contributed by atoms with Gasteiger partial charge in [0.25, 0.3) is 20.2 Å². The molecule has 0 fully saturated rings. The molecule has 0 aromatic heterocycles. The second-order valence-electron chi connectivity index (χ2n) is 5.13. The van der Waals surface area contributed by atoms with Gasteiger partial charge in [-0.2, -0.15) is 26.8 Å². The molecule has 2 rings (SSSR count). The van der Waals surface area contributed by atoms with E-state index in [4.69, 9.17) is 0 Å². The average Bonchev–Trinajstić information content (AvgIpc) is 2.60. The summed E-state index contributed by atoms with van der Waals surface area (Å²) in [6.45, 7) is 0. The Balaban J connectivity index is 0.00000420. The number of hydrogen-bond donors (Lipinski definition) is 2. The molecule has 0 saturated carbocycles. The van der Waals surface area contributed by atoms with E-state index >= 15 is 0 Å². The third-order valence-electron chi connectivity index (χ3n) is 3.34. The summed E-state index contributed by atoms with van der Waals surface area (Å²) in [5, 5.41) is 4.16. The van der Waals surface area contributed by atoms with Crippen molar-refractivity contribution in [1.29, 1.82) is 0 Å². The van der Waals surface area contributed by atoms with E-state index in [2.05, 4.69) is 44.7 Å². The van der Waals surface area contributed by atoms with Crippen LogP contribution in [0.1, 0.15) is 11.1 Å². The Morgan fingerprint density at radius 2 is 1.10 bits per heavy atom. The van der Waals surface area contributed by atoms with Gasteiger partial charge in [0, 0.05) is 0 Å². The average molecular weight is 479 g/mol. The van der Waals surface area contributed by atoms with Gasteiger partial charge >= 0.3 is 29.6 Å². The van der Waals surface area contributed by atoms with Gasteiger partial charge in [-0.1, -0.05) is 24.3 Å². The van der Waals surface area contributed by atoms with E-state index in [0.29, 0.717) is 0 Å². The first-order valence-electron chi connectivity index (χ1n) is 7.13. The maximum atomic E-state index is 11.6. The summed E-state index contributed by atoms with van der Waals surface area (Å²) in [7, 11) is -9.21. The fourth-order valence-corrected chi connectivity index (χ4v) is 3.81. The van der Waals surface area contributed by atoms with Crippen molar-refractivity contribution in [2.45, 2.75) is 9.79 Å². The van der Waals surface area contributed by atoms with E-state index < -0.39 is 30.0 Å². The molecule has 0 radical (unpaired) electrons. The Kier molecular flexibility index (Phi) is 9.35. The molecular formula is C16H11N2NaO6S4. The Hall–Kier alpha value is -1.40. The number of hydrogen-bond acceptors (Lipinski definition) is 8. The third-order valence-corrected chi connectivity index (χ3v) is 5.34. The zero-order valence-electron chi connectivity index (χ0n) is 13.7. The summed E-state index contributed by atoms with van der Waals surface area (Å²) in [5.41, 5.74) is 0.405. The summed E-state index contributed by atoms with van der Waals surface area (Å²) < 4.78 is 65.4. The first kappa shape index (κ1) is 25.6. The second kappa shape index (κ2) is 10.6. The monoisotopic (exact) mass is 478 g/mol. The first-order valence-corrected chi connectivity index (χ1v) is 10.8. The van der Waals surface area contributed by atoms with E-state index in [1.165, 1.54) is 36.4 Å². The molecule has 0 aliphatic rings. The topological polar surface area (TPSA) is 133 Å². The van der Waals surface area contributed by atoms with Crippen LogP contribution in [0, 0.1) is 0 Å². The fourth-order valence-electron chi connectivity index (χ4n) is 2.19. The standard InChI is InChI=1S/C16H10N2O6S4.Na.H/c19-27(20,21)15-7-13(17-9-25)5-3-11(15)1-2-12-4-6-14(18-10-26)8-16(12)28(22,23)24;;/h1-8H,(H,19,20,21)(H,22,23,24);;. The molecule has 0 heterocycles. The molecule has 0 spiro atoms. The number of benzene rings is 2. The van der Waals surface area contributed by atoms with E-state index in [0.717, 1.165) is 12.1 Å². The number of rotatable bonds is 6. The SMILES string of the molecule is O=S(=O)(O)c1cc(N=C=S)ccc1C=Cc1ccc(N=C=S)cc1S(=O)(=O)O.[NaH]. The van der Waals surface area contributed by atoms with Gasteiger partial charge in [0.05, 0.1) is 21.7 Å². The minimum absolute atomic E-state index is 0. The number of aliphatic imine (C=N–C) groups is 2. The minimum atomic E-state index is -4.61. The first-order chi connectivity index (χ1) is 13.1. The van der Waals surface area contributed by atoms with Crippen molar-refractivity contribution < 1.29 is 25.9 Å². The molecule has 0 atom stereocenters. The van der Waals surface area contributed by atoms with Gasteiger partial charge in [-0.25, -0.2) is 0 Å². The molecule has 29 heavy (non-hydrogen) atoms. The number of thiocarbonyl (C=S) groups is 2. The predicted octanol–water partition coefficient (Wildman–Crippen LogP) is 3.17. The van der Waals surface area contributed by atoms with E-state index in [1.807, 2.05) is 0 Å². The summed E-state index contributed by atoms with van der Waals surface area (Å²) >= 11 is 8.91. The van der Waals surface area contributed by atoms with Crippen molar-refractivity contribution in [3.63, 3.8) is 0 Å². The van der Waals surface area contributed by atoms with Crippen LogP contribution in [0.15, 0.2) is 56.2 Å².